The van der Waals surface area contributed by atoms with Crippen LogP contribution in [0.3, 0.4) is 0 Å². The van der Waals surface area contributed by atoms with E-state index in [1.54, 1.807) is 0 Å². The number of unbranched alkanes of at least 4 members (excludes halogenated alkanes) is 10. The van der Waals surface area contributed by atoms with E-state index >= 15 is 0 Å². The number of hydrogen-bond donors (Lipinski definition) is 1. The van der Waals surface area contributed by atoms with Crippen LogP contribution in [-0.4, -0.2) is 25.5 Å². The molecule has 0 bridgehead atoms. The van der Waals surface area contributed by atoms with Crippen molar-refractivity contribution >= 4 is 0 Å². The number of halogens is 1. The molecule has 0 radical (unpaired) electrons. The molecule has 0 fully saturated rings. The molecule has 0 aliphatic heterocycles. The van der Waals surface area contributed by atoms with Gasteiger partial charge in [0.2, 0.25) is 0 Å². The highest BCUT2D eigenvalue weighted by atomic mass is 35.5. The standard InChI is InChI=1S/C15H33N.ClH.H3N/c1-4-5-6-7-8-9-10-11-12-13-14-15-16(2)3;;/h4-15H2,1-3H3;1H;1H3. The zero-order valence-electron chi connectivity index (χ0n) is 13.3. The number of nitrogens with zero attached hydrogens (tertiary/aromatic N) is 1. The second kappa shape index (κ2) is 19.5. The maximum Gasteiger partial charge on any atom is -0.00248 e. The summed E-state index contributed by atoms with van der Waals surface area (Å²) < 4.78 is 0. The Balaban J connectivity index is -0.00000112. The van der Waals surface area contributed by atoms with Gasteiger partial charge in [-0.3, -0.25) is 0 Å². The zero-order chi connectivity index (χ0) is 12.1. The van der Waals surface area contributed by atoms with Crippen LogP contribution in [0.2, 0.25) is 0 Å². The summed E-state index contributed by atoms with van der Waals surface area (Å²) in [7, 11) is 4.33. The van der Waals surface area contributed by atoms with Crippen molar-refractivity contribution in [1.29, 1.82) is 0 Å². The summed E-state index contributed by atoms with van der Waals surface area (Å²) in [5.74, 6) is 0. The molecule has 18 heavy (non-hydrogen) atoms. The summed E-state index contributed by atoms with van der Waals surface area (Å²) in [6.45, 7) is 3.55. The van der Waals surface area contributed by atoms with Crippen molar-refractivity contribution in [3.63, 3.8) is 0 Å². The normalized spacial score (nSPS) is 10.0. The molecule has 3 heteroatoms. The van der Waals surface area contributed by atoms with Crippen LogP contribution in [0.1, 0.15) is 77.6 Å². The molecule has 0 spiro atoms. The quantitative estimate of drug-likeness (QED) is 0.547. The lowest BCUT2D eigenvalue weighted by Gasteiger charge is -2.08. The third-order valence-electron chi connectivity index (χ3n) is 3.21. The van der Waals surface area contributed by atoms with Crippen LogP contribution in [0.25, 0.3) is 0 Å². The van der Waals surface area contributed by atoms with Crippen molar-refractivity contribution in [2.24, 2.45) is 0 Å². The van der Waals surface area contributed by atoms with Gasteiger partial charge < -0.3 is 23.5 Å². The molecular weight excluding hydrogens is 244 g/mol. The lowest BCUT2D eigenvalue weighted by Crippen LogP contribution is -3.00. The van der Waals surface area contributed by atoms with Crippen molar-refractivity contribution in [3.8, 4) is 0 Å². The zero-order valence-corrected chi connectivity index (χ0v) is 14.1. The summed E-state index contributed by atoms with van der Waals surface area (Å²) >= 11 is 0. The fourth-order valence-electron chi connectivity index (χ4n) is 2.09. The molecular formula is C15H37ClN2. The molecule has 0 aromatic carbocycles. The summed E-state index contributed by atoms with van der Waals surface area (Å²) in [5, 5.41) is 0. The van der Waals surface area contributed by atoms with Crippen LogP contribution >= 0.6 is 0 Å². The Morgan fingerprint density at radius 2 is 0.944 bits per heavy atom. The van der Waals surface area contributed by atoms with Gasteiger partial charge in [0.05, 0.1) is 0 Å². The second-order valence-electron chi connectivity index (χ2n) is 5.34. The highest BCUT2D eigenvalue weighted by Gasteiger charge is 1.93. The van der Waals surface area contributed by atoms with Gasteiger partial charge in [-0.25, -0.2) is 0 Å². The average molecular weight is 281 g/mol. The van der Waals surface area contributed by atoms with Crippen LogP contribution in [0, 0.1) is 0 Å². The van der Waals surface area contributed by atoms with Crippen LogP contribution < -0.4 is 18.6 Å². The van der Waals surface area contributed by atoms with Gasteiger partial charge in [-0.15, -0.1) is 0 Å². The molecule has 0 amide bonds. The van der Waals surface area contributed by atoms with Gasteiger partial charge in [0.1, 0.15) is 0 Å². The Morgan fingerprint density at radius 1 is 0.611 bits per heavy atom. The molecule has 0 aromatic heterocycles. The van der Waals surface area contributed by atoms with Crippen molar-refractivity contribution in [2.45, 2.75) is 77.6 Å². The minimum atomic E-state index is 0. The topological polar surface area (TPSA) is 39.7 Å². The molecule has 0 atom stereocenters. The fourth-order valence-corrected chi connectivity index (χ4v) is 2.09. The molecule has 2 nitrogen and oxygen atoms in total. The van der Waals surface area contributed by atoms with Crippen molar-refractivity contribution in [3.05, 3.63) is 0 Å². The Kier molecular flexibility index (Phi) is 25.3. The molecule has 0 rings (SSSR count). The summed E-state index contributed by atoms with van der Waals surface area (Å²) in [6, 6.07) is 0. The summed E-state index contributed by atoms with van der Waals surface area (Å²) in [6.07, 6.45) is 15.8. The molecule has 4 N–H and O–H groups in total. The Labute approximate surface area is 122 Å². The molecule has 0 aliphatic rings. The molecule has 0 aromatic rings. The van der Waals surface area contributed by atoms with Crippen molar-refractivity contribution < 1.29 is 12.4 Å². The smallest absolute Gasteiger partial charge is 0.00248 e. The Morgan fingerprint density at radius 3 is 1.28 bits per heavy atom. The van der Waals surface area contributed by atoms with Crippen LogP contribution in [-0.2, 0) is 0 Å². The van der Waals surface area contributed by atoms with Crippen LogP contribution in [0.15, 0.2) is 0 Å². The monoisotopic (exact) mass is 280 g/mol. The molecule has 114 valence electrons. The fraction of sp³-hybridized carbons (Fsp3) is 1.00. The molecule has 0 saturated heterocycles. The molecule has 0 unspecified atom stereocenters. The highest BCUT2D eigenvalue weighted by Crippen LogP contribution is 2.11. The molecule has 0 saturated carbocycles. The first-order chi connectivity index (χ1) is 7.77. The van der Waals surface area contributed by atoms with Crippen LogP contribution in [0.5, 0.6) is 0 Å². The van der Waals surface area contributed by atoms with E-state index in [0.717, 1.165) is 0 Å². The predicted molar refractivity (Wildman–Crippen MR) is 81.0 cm³/mol. The Hall–Kier alpha value is 0.210. The lowest BCUT2D eigenvalue weighted by atomic mass is 10.1. The largest absolute Gasteiger partial charge is 1.00 e. The van der Waals surface area contributed by atoms with Gasteiger partial charge in [-0.1, -0.05) is 71.1 Å². The maximum atomic E-state index is 2.29. The SMILES string of the molecule is CCCCCCCCCCCCCN(C)C.[Cl-].[NH4+]. The number of quaternary nitrogens is 1. The minimum Gasteiger partial charge on any atom is -1.00 e. The van der Waals surface area contributed by atoms with Crippen molar-refractivity contribution in [1.82, 2.24) is 11.1 Å². The summed E-state index contributed by atoms with van der Waals surface area (Å²) in [4.78, 5) is 2.29. The first-order valence-corrected chi connectivity index (χ1v) is 7.42. The molecule has 0 aliphatic carbocycles. The highest BCUT2D eigenvalue weighted by molar-refractivity contribution is 4.49. The lowest BCUT2D eigenvalue weighted by molar-refractivity contribution is -0.00000419. The van der Waals surface area contributed by atoms with Gasteiger partial charge in [0, 0.05) is 0 Å². The summed E-state index contributed by atoms with van der Waals surface area (Å²) in [5.41, 5.74) is 0. The average Bonchev–Trinajstić information content (AvgIpc) is 2.25. The van der Waals surface area contributed by atoms with Gasteiger partial charge in [-0.05, 0) is 27.1 Å². The van der Waals surface area contributed by atoms with Gasteiger partial charge in [-0.2, -0.15) is 0 Å². The van der Waals surface area contributed by atoms with Gasteiger partial charge in [0.25, 0.3) is 0 Å². The third kappa shape index (κ3) is 21.5. The minimum absolute atomic E-state index is 0. The van der Waals surface area contributed by atoms with E-state index in [1.807, 2.05) is 0 Å². The number of hydrogen-bond acceptors (Lipinski definition) is 1. The number of rotatable bonds is 12. The predicted octanol–water partition coefficient (Wildman–Crippen LogP) is 2.24. The first-order valence-electron chi connectivity index (χ1n) is 7.42. The Bertz CT molecular complexity index is 130. The van der Waals surface area contributed by atoms with Gasteiger partial charge in [0.15, 0.2) is 0 Å². The molecule has 0 heterocycles. The van der Waals surface area contributed by atoms with E-state index in [2.05, 4.69) is 25.9 Å². The van der Waals surface area contributed by atoms with Gasteiger partial charge >= 0.3 is 0 Å². The van der Waals surface area contributed by atoms with E-state index in [1.165, 1.54) is 77.2 Å². The second-order valence-corrected chi connectivity index (χ2v) is 5.34. The third-order valence-corrected chi connectivity index (χ3v) is 3.21. The van der Waals surface area contributed by atoms with E-state index in [4.69, 9.17) is 0 Å². The van der Waals surface area contributed by atoms with E-state index in [0.29, 0.717) is 0 Å². The van der Waals surface area contributed by atoms with Crippen LogP contribution in [0.4, 0.5) is 0 Å². The van der Waals surface area contributed by atoms with E-state index < -0.39 is 0 Å². The van der Waals surface area contributed by atoms with Crippen molar-refractivity contribution in [2.75, 3.05) is 20.6 Å². The first kappa shape index (κ1) is 23.3. The maximum absolute atomic E-state index is 2.29. The van der Waals surface area contributed by atoms with E-state index in [9.17, 15) is 0 Å². The van der Waals surface area contributed by atoms with E-state index in [-0.39, 0.29) is 18.6 Å².